The van der Waals surface area contributed by atoms with E-state index in [0.717, 1.165) is 24.3 Å². The first-order chi connectivity index (χ1) is 10.6. The van der Waals surface area contributed by atoms with Crippen LogP contribution in [0.2, 0.25) is 0 Å². The van der Waals surface area contributed by atoms with Gasteiger partial charge in [0.05, 0.1) is 11.0 Å². The Morgan fingerprint density at radius 2 is 2.05 bits per heavy atom. The molecule has 1 N–H and O–H groups in total. The summed E-state index contributed by atoms with van der Waals surface area (Å²) in [5.41, 5.74) is 2.22. The van der Waals surface area contributed by atoms with Crippen molar-refractivity contribution in [3.05, 3.63) is 64.0 Å². The van der Waals surface area contributed by atoms with Crippen LogP contribution in [0.15, 0.2) is 42.6 Å². The lowest BCUT2D eigenvalue weighted by molar-refractivity contribution is -0.384. The van der Waals surface area contributed by atoms with Crippen LogP contribution in [0, 0.1) is 10.1 Å². The first kappa shape index (κ1) is 14.5. The van der Waals surface area contributed by atoms with E-state index in [1.807, 2.05) is 19.3 Å². The van der Waals surface area contributed by atoms with Crippen LogP contribution < -0.4 is 5.32 Å². The lowest BCUT2D eigenvalue weighted by Gasteiger charge is -2.38. The number of nitro groups is 1. The number of nitrogens with one attached hydrogen (secondary N) is 1. The minimum absolute atomic E-state index is 0.0375. The van der Waals surface area contributed by atoms with Gasteiger partial charge in [-0.05, 0) is 42.0 Å². The number of hydrogen-bond acceptors (Lipinski definition) is 3. The van der Waals surface area contributed by atoms with Crippen molar-refractivity contribution in [2.24, 2.45) is 0 Å². The highest BCUT2D eigenvalue weighted by Crippen LogP contribution is 2.33. The van der Waals surface area contributed by atoms with Gasteiger partial charge in [0, 0.05) is 44.2 Å². The van der Waals surface area contributed by atoms with Gasteiger partial charge in [-0.15, -0.1) is 0 Å². The maximum atomic E-state index is 10.8. The van der Waals surface area contributed by atoms with Crippen molar-refractivity contribution in [3.8, 4) is 0 Å². The van der Waals surface area contributed by atoms with Crippen molar-refractivity contribution in [3.63, 3.8) is 0 Å². The number of fused-ring (bicyclic) bond motifs is 1. The predicted octanol–water partition coefficient (Wildman–Crippen LogP) is 2.31. The van der Waals surface area contributed by atoms with E-state index in [2.05, 4.69) is 20.9 Å². The van der Waals surface area contributed by atoms with Gasteiger partial charge in [-0.1, -0.05) is 0 Å². The molecular weight excluding hydrogens is 300 g/mol. The third kappa shape index (κ3) is 2.43. The minimum Gasteiger partial charge on any atom is -0.366 e. The minimum atomic E-state index is -0.386. The summed E-state index contributed by atoms with van der Waals surface area (Å²) in [6.07, 6.45) is 2.05. The molecule has 0 bridgehead atoms. The molecule has 0 fully saturated rings. The van der Waals surface area contributed by atoms with Gasteiger partial charge in [-0.25, -0.2) is 0 Å². The molecule has 0 aliphatic carbocycles. The van der Waals surface area contributed by atoms with Gasteiger partial charge in [-0.3, -0.25) is 10.1 Å². The van der Waals surface area contributed by atoms with Gasteiger partial charge in [0.1, 0.15) is 0 Å². The van der Waals surface area contributed by atoms with Crippen molar-refractivity contribution >= 4 is 23.0 Å². The van der Waals surface area contributed by atoms with E-state index in [-0.39, 0.29) is 16.7 Å². The molecule has 2 heterocycles. The molecule has 0 spiro atoms. The quantitative estimate of drug-likeness (QED) is 0.523. The second kappa shape index (κ2) is 5.76. The molecule has 2 aromatic rings. The molecule has 3 rings (SSSR count). The van der Waals surface area contributed by atoms with E-state index in [9.17, 15) is 10.1 Å². The molecule has 0 amide bonds. The van der Waals surface area contributed by atoms with Crippen molar-refractivity contribution in [1.29, 1.82) is 0 Å². The fraction of sp³-hybridized carbons (Fsp3) is 0.267. The van der Waals surface area contributed by atoms with Crippen LogP contribution >= 0.6 is 12.2 Å². The fourth-order valence-corrected chi connectivity index (χ4v) is 3.07. The largest absolute Gasteiger partial charge is 0.366 e. The van der Waals surface area contributed by atoms with Crippen molar-refractivity contribution < 1.29 is 4.92 Å². The summed E-state index contributed by atoms with van der Waals surface area (Å²) in [4.78, 5) is 12.6. The monoisotopic (exact) mass is 316 g/mol. The molecule has 0 saturated heterocycles. The summed E-state index contributed by atoms with van der Waals surface area (Å²) >= 11 is 5.42. The van der Waals surface area contributed by atoms with Crippen LogP contribution in [0.25, 0.3) is 0 Å². The van der Waals surface area contributed by atoms with Crippen molar-refractivity contribution in [2.45, 2.75) is 12.6 Å². The molecule has 1 aromatic carbocycles. The summed E-state index contributed by atoms with van der Waals surface area (Å²) in [6, 6.07) is 10.7. The number of nitrogens with zero attached hydrogens (tertiary/aromatic N) is 3. The second-order valence-electron chi connectivity index (χ2n) is 5.13. The highest BCUT2D eigenvalue weighted by atomic mass is 32.1. The smallest absolute Gasteiger partial charge is 0.269 e. The Hall–Kier alpha value is -2.41. The Kier molecular flexibility index (Phi) is 3.81. The average Bonchev–Trinajstić information content (AvgIpc) is 3.01. The molecule has 7 heteroatoms. The number of hydrogen-bond donors (Lipinski definition) is 1. The maximum Gasteiger partial charge on any atom is 0.269 e. The second-order valence-corrected chi connectivity index (χ2v) is 5.51. The Bertz CT molecular complexity index is 711. The zero-order chi connectivity index (χ0) is 15.7. The predicted molar refractivity (Wildman–Crippen MR) is 87.7 cm³/mol. The zero-order valence-electron chi connectivity index (χ0n) is 12.1. The lowest BCUT2D eigenvalue weighted by atomic mass is 10.00. The van der Waals surface area contributed by atoms with E-state index in [4.69, 9.17) is 12.2 Å². The van der Waals surface area contributed by atoms with Crippen LogP contribution in [0.1, 0.15) is 17.3 Å². The molecule has 1 aliphatic heterocycles. The van der Waals surface area contributed by atoms with Gasteiger partial charge in [0.15, 0.2) is 5.11 Å². The highest BCUT2D eigenvalue weighted by molar-refractivity contribution is 7.80. The maximum absolute atomic E-state index is 10.8. The standard InChI is InChI=1S/C15H16N4O2S/c1-16-15(22)18-10-9-17-8-2-3-13(17)14(18)11-4-6-12(7-5-11)19(20)21/h2-8,14H,9-10H2,1H3,(H,16,22)/t14-/m1/s1. The van der Waals surface area contributed by atoms with Crippen LogP contribution in [-0.2, 0) is 6.54 Å². The van der Waals surface area contributed by atoms with E-state index in [1.165, 1.54) is 12.1 Å². The first-order valence-electron chi connectivity index (χ1n) is 6.99. The van der Waals surface area contributed by atoms with Crippen LogP contribution in [0.3, 0.4) is 0 Å². The average molecular weight is 316 g/mol. The molecule has 0 unspecified atom stereocenters. The van der Waals surface area contributed by atoms with Crippen molar-refractivity contribution in [2.75, 3.05) is 13.6 Å². The summed E-state index contributed by atoms with van der Waals surface area (Å²) in [5, 5.41) is 14.5. The number of aromatic nitrogens is 1. The van der Waals surface area contributed by atoms with Gasteiger partial charge in [0.2, 0.25) is 0 Å². The van der Waals surface area contributed by atoms with Crippen LogP contribution in [0.4, 0.5) is 5.69 Å². The summed E-state index contributed by atoms with van der Waals surface area (Å²) in [5.74, 6) is 0. The third-order valence-electron chi connectivity index (χ3n) is 3.93. The number of benzene rings is 1. The van der Waals surface area contributed by atoms with Gasteiger partial charge >= 0.3 is 0 Å². The SMILES string of the molecule is CNC(=S)N1CCn2cccc2[C@H]1c1ccc([N+](=O)[O-])cc1. The van der Waals surface area contributed by atoms with E-state index in [1.54, 1.807) is 12.1 Å². The molecule has 0 saturated carbocycles. The van der Waals surface area contributed by atoms with E-state index in [0.29, 0.717) is 5.11 Å². The first-order valence-corrected chi connectivity index (χ1v) is 7.40. The van der Waals surface area contributed by atoms with E-state index >= 15 is 0 Å². The summed E-state index contributed by atoms with van der Waals surface area (Å²) in [6.45, 7) is 1.66. The molecule has 1 aromatic heterocycles. The normalized spacial score (nSPS) is 17.0. The zero-order valence-corrected chi connectivity index (χ0v) is 12.9. The molecular formula is C15H16N4O2S. The van der Waals surface area contributed by atoms with E-state index < -0.39 is 0 Å². The highest BCUT2D eigenvalue weighted by Gasteiger charge is 2.30. The Morgan fingerprint density at radius 3 is 2.68 bits per heavy atom. The van der Waals surface area contributed by atoms with Crippen molar-refractivity contribution in [1.82, 2.24) is 14.8 Å². The number of thiocarbonyl (C=S) groups is 1. The molecule has 22 heavy (non-hydrogen) atoms. The molecule has 1 aliphatic rings. The van der Waals surface area contributed by atoms with Gasteiger partial charge in [0.25, 0.3) is 5.69 Å². The van der Waals surface area contributed by atoms with Gasteiger partial charge in [-0.2, -0.15) is 0 Å². The number of rotatable bonds is 2. The number of non-ortho nitro benzene ring substituents is 1. The Labute approximate surface area is 133 Å². The van der Waals surface area contributed by atoms with Crippen LogP contribution in [0.5, 0.6) is 0 Å². The van der Waals surface area contributed by atoms with Crippen LogP contribution in [-0.4, -0.2) is 33.1 Å². The molecule has 114 valence electrons. The molecule has 0 radical (unpaired) electrons. The lowest BCUT2D eigenvalue weighted by Crippen LogP contribution is -2.46. The Balaban J connectivity index is 2.03. The molecule has 6 nitrogen and oxygen atoms in total. The fourth-order valence-electron chi connectivity index (χ4n) is 2.87. The summed E-state index contributed by atoms with van der Waals surface area (Å²) in [7, 11) is 1.81. The van der Waals surface area contributed by atoms with Gasteiger partial charge < -0.3 is 14.8 Å². The third-order valence-corrected chi connectivity index (χ3v) is 4.37. The topological polar surface area (TPSA) is 63.3 Å². The molecule has 1 atom stereocenters. The summed E-state index contributed by atoms with van der Waals surface area (Å²) < 4.78 is 2.20. The number of nitro benzene ring substituents is 1. The Morgan fingerprint density at radius 1 is 1.32 bits per heavy atom.